The van der Waals surface area contributed by atoms with E-state index in [1.54, 1.807) is 17.7 Å². The maximum Gasteiger partial charge on any atom is 0.247 e. The molecule has 1 aliphatic heterocycles. The first-order chi connectivity index (χ1) is 12.1. The summed E-state index contributed by atoms with van der Waals surface area (Å²) in [5, 5.41) is 6.05. The highest BCUT2D eigenvalue weighted by molar-refractivity contribution is 9.11. The monoisotopic (exact) mass is 480 g/mol. The van der Waals surface area contributed by atoms with Crippen LogP contribution >= 0.6 is 43.2 Å². The second kappa shape index (κ2) is 7.01. The first-order valence-electron chi connectivity index (χ1n) is 7.84. The van der Waals surface area contributed by atoms with Crippen LogP contribution in [0.1, 0.15) is 12.8 Å². The van der Waals surface area contributed by atoms with E-state index in [9.17, 15) is 4.79 Å². The summed E-state index contributed by atoms with van der Waals surface area (Å²) in [7, 11) is 0. The molecule has 0 spiro atoms. The lowest BCUT2D eigenvalue weighted by atomic mass is 10.2. The van der Waals surface area contributed by atoms with Crippen molar-refractivity contribution in [3.63, 3.8) is 0 Å². The van der Waals surface area contributed by atoms with Gasteiger partial charge in [0.1, 0.15) is 23.0 Å². The van der Waals surface area contributed by atoms with Crippen LogP contribution in [0.2, 0.25) is 0 Å². The Bertz CT molecular complexity index is 945. The Kier molecular flexibility index (Phi) is 4.75. The van der Waals surface area contributed by atoms with E-state index in [0.717, 1.165) is 50.1 Å². The number of nitrogens with one attached hydrogen (secondary N) is 1. The first-order valence-corrected chi connectivity index (χ1v) is 10.3. The minimum atomic E-state index is -0.228. The molecule has 1 fully saturated rings. The van der Waals surface area contributed by atoms with E-state index in [1.165, 1.54) is 0 Å². The summed E-state index contributed by atoms with van der Waals surface area (Å²) in [5.41, 5.74) is 0.767. The Balaban J connectivity index is 1.61. The molecule has 1 aliphatic rings. The number of amides is 1. The first kappa shape index (κ1) is 16.9. The number of fused-ring (bicyclic) bond motifs is 1. The van der Waals surface area contributed by atoms with E-state index >= 15 is 0 Å². The van der Waals surface area contributed by atoms with Crippen molar-refractivity contribution in [1.82, 2.24) is 9.97 Å². The number of rotatable bonds is 3. The molecule has 128 valence electrons. The Labute approximate surface area is 165 Å². The number of anilines is 2. The molecule has 25 heavy (non-hydrogen) atoms. The van der Waals surface area contributed by atoms with Crippen molar-refractivity contribution in [3.8, 4) is 0 Å². The van der Waals surface area contributed by atoms with Crippen LogP contribution in [0.3, 0.4) is 0 Å². The smallest absolute Gasteiger partial charge is 0.247 e. The predicted octanol–water partition coefficient (Wildman–Crippen LogP) is 4.82. The van der Waals surface area contributed by atoms with Crippen LogP contribution in [0.25, 0.3) is 10.2 Å². The molecule has 3 heterocycles. The molecule has 1 N–H and O–H groups in total. The van der Waals surface area contributed by atoms with Crippen LogP contribution in [-0.4, -0.2) is 28.5 Å². The molecule has 1 atom stereocenters. The summed E-state index contributed by atoms with van der Waals surface area (Å²) < 4.78 is 1.81. The van der Waals surface area contributed by atoms with Crippen LogP contribution < -0.4 is 10.2 Å². The fraction of sp³-hybridized carbons (Fsp3) is 0.235. The molecule has 1 aromatic carbocycles. The highest BCUT2D eigenvalue weighted by Gasteiger charge is 2.33. The van der Waals surface area contributed by atoms with E-state index in [4.69, 9.17) is 0 Å². The summed E-state index contributed by atoms with van der Waals surface area (Å²) in [5.74, 6) is 0.835. The molecule has 0 saturated carbocycles. The summed E-state index contributed by atoms with van der Waals surface area (Å²) in [6, 6.07) is 7.50. The lowest BCUT2D eigenvalue weighted by Crippen LogP contribution is -2.40. The average molecular weight is 482 g/mol. The van der Waals surface area contributed by atoms with Gasteiger partial charge >= 0.3 is 0 Å². The van der Waals surface area contributed by atoms with Crippen molar-refractivity contribution >= 4 is 70.8 Å². The van der Waals surface area contributed by atoms with E-state index < -0.39 is 0 Å². The van der Waals surface area contributed by atoms with Gasteiger partial charge in [-0.1, -0.05) is 15.9 Å². The quantitative estimate of drug-likeness (QED) is 0.582. The van der Waals surface area contributed by atoms with Crippen molar-refractivity contribution in [2.45, 2.75) is 18.9 Å². The normalized spacial score (nSPS) is 17.2. The van der Waals surface area contributed by atoms with Crippen molar-refractivity contribution in [2.75, 3.05) is 16.8 Å². The maximum absolute atomic E-state index is 12.9. The fourth-order valence-electron chi connectivity index (χ4n) is 3.11. The van der Waals surface area contributed by atoms with Gasteiger partial charge in [0.15, 0.2) is 0 Å². The van der Waals surface area contributed by atoms with Gasteiger partial charge in [0, 0.05) is 15.5 Å². The fourth-order valence-corrected chi connectivity index (χ4v) is 4.98. The Morgan fingerprint density at radius 1 is 1.28 bits per heavy atom. The van der Waals surface area contributed by atoms with Gasteiger partial charge in [-0.25, -0.2) is 9.97 Å². The molecule has 1 amide bonds. The molecule has 1 unspecified atom stereocenters. The molecule has 1 saturated heterocycles. The van der Waals surface area contributed by atoms with Crippen molar-refractivity contribution in [3.05, 3.63) is 44.9 Å². The second-order valence-electron chi connectivity index (χ2n) is 5.80. The number of thiophene rings is 1. The predicted molar refractivity (Wildman–Crippen MR) is 108 cm³/mol. The standard InChI is InChI=1S/C17H14Br2N4OS/c18-10-3-4-13(12(19)8-10)22-16(24)14-2-1-6-23(14)15-11-5-7-25-17(11)21-9-20-15/h3-5,7-9,14H,1-2,6H2,(H,22,24). The molecular formula is C17H14Br2N4OS. The van der Waals surface area contributed by atoms with Crippen molar-refractivity contribution in [2.24, 2.45) is 0 Å². The van der Waals surface area contributed by atoms with Crippen molar-refractivity contribution in [1.29, 1.82) is 0 Å². The third kappa shape index (κ3) is 3.30. The van der Waals surface area contributed by atoms with Crippen LogP contribution in [0.4, 0.5) is 11.5 Å². The van der Waals surface area contributed by atoms with E-state index in [1.807, 2.05) is 29.6 Å². The van der Waals surface area contributed by atoms with Crippen LogP contribution in [0.15, 0.2) is 44.9 Å². The number of hydrogen-bond donors (Lipinski definition) is 1. The largest absolute Gasteiger partial charge is 0.344 e. The van der Waals surface area contributed by atoms with Gasteiger partial charge in [0.05, 0.1) is 11.1 Å². The Hall–Kier alpha value is -1.51. The minimum Gasteiger partial charge on any atom is -0.344 e. The molecule has 0 aliphatic carbocycles. The third-order valence-electron chi connectivity index (χ3n) is 4.26. The van der Waals surface area contributed by atoms with E-state index in [2.05, 4.69) is 52.0 Å². The molecule has 2 aromatic heterocycles. The molecule has 8 heteroatoms. The Morgan fingerprint density at radius 3 is 3.00 bits per heavy atom. The van der Waals surface area contributed by atoms with Gasteiger partial charge in [-0.3, -0.25) is 4.79 Å². The summed E-state index contributed by atoms with van der Waals surface area (Å²) in [4.78, 5) is 24.7. The molecule has 4 rings (SSSR count). The highest BCUT2D eigenvalue weighted by atomic mass is 79.9. The highest BCUT2D eigenvalue weighted by Crippen LogP contribution is 2.33. The molecular weight excluding hydrogens is 468 g/mol. The van der Waals surface area contributed by atoms with Gasteiger partial charge in [-0.15, -0.1) is 11.3 Å². The topological polar surface area (TPSA) is 58.1 Å². The number of hydrogen-bond acceptors (Lipinski definition) is 5. The van der Waals surface area contributed by atoms with E-state index in [0.29, 0.717) is 0 Å². The zero-order chi connectivity index (χ0) is 17.4. The summed E-state index contributed by atoms with van der Waals surface area (Å²) in [6.45, 7) is 0.821. The van der Waals surface area contributed by atoms with Crippen LogP contribution in [0, 0.1) is 0 Å². The van der Waals surface area contributed by atoms with Gasteiger partial charge in [-0.2, -0.15) is 0 Å². The number of halogens is 2. The van der Waals surface area contributed by atoms with Gasteiger partial charge in [-0.05, 0) is 58.4 Å². The average Bonchev–Trinajstić information content (AvgIpc) is 3.25. The van der Waals surface area contributed by atoms with Crippen molar-refractivity contribution < 1.29 is 4.79 Å². The molecule has 5 nitrogen and oxygen atoms in total. The third-order valence-corrected chi connectivity index (χ3v) is 6.23. The van der Waals surface area contributed by atoms with Crippen LogP contribution in [-0.2, 0) is 4.79 Å². The maximum atomic E-state index is 12.9. The Morgan fingerprint density at radius 2 is 2.16 bits per heavy atom. The molecule has 0 bridgehead atoms. The number of benzene rings is 1. The zero-order valence-electron chi connectivity index (χ0n) is 13.1. The minimum absolute atomic E-state index is 0.0116. The number of carbonyl (C=O) groups excluding carboxylic acids is 1. The number of carbonyl (C=O) groups is 1. The summed E-state index contributed by atoms with van der Waals surface area (Å²) in [6.07, 6.45) is 3.36. The SMILES string of the molecule is O=C(Nc1ccc(Br)cc1Br)C1CCCN1c1ncnc2sccc12. The second-order valence-corrected chi connectivity index (χ2v) is 8.47. The van der Waals surface area contributed by atoms with Crippen LogP contribution in [0.5, 0.6) is 0 Å². The lowest BCUT2D eigenvalue weighted by molar-refractivity contribution is -0.117. The summed E-state index contributed by atoms with van der Waals surface area (Å²) >= 11 is 8.50. The van der Waals surface area contributed by atoms with Gasteiger partial charge < -0.3 is 10.2 Å². The molecule has 0 radical (unpaired) electrons. The zero-order valence-corrected chi connectivity index (χ0v) is 17.1. The molecule has 3 aromatic rings. The van der Waals surface area contributed by atoms with Gasteiger partial charge in [0.2, 0.25) is 5.91 Å². The lowest BCUT2D eigenvalue weighted by Gasteiger charge is -2.25. The number of nitrogens with zero attached hydrogens (tertiary/aromatic N) is 3. The van der Waals surface area contributed by atoms with E-state index in [-0.39, 0.29) is 11.9 Å². The number of aromatic nitrogens is 2. The van der Waals surface area contributed by atoms with Gasteiger partial charge in [0.25, 0.3) is 0 Å².